The number of hydrogen-bond acceptors (Lipinski definition) is 5. The van der Waals surface area contributed by atoms with Gasteiger partial charge in [0.05, 0.1) is 6.04 Å². The predicted molar refractivity (Wildman–Crippen MR) is 84.9 cm³/mol. The molecule has 0 saturated carbocycles. The van der Waals surface area contributed by atoms with Crippen LogP contribution in [0.5, 0.6) is 0 Å². The summed E-state index contributed by atoms with van der Waals surface area (Å²) in [6.45, 7) is 5.33. The van der Waals surface area contributed by atoms with Crippen molar-refractivity contribution in [1.29, 1.82) is 0 Å². The van der Waals surface area contributed by atoms with Crippen LogP contribution in [0.25, 0.3) is 0 Å². The van der Waals surface area contributed by atoms with Gasteiger partial charge in [-0.1, -0.05) is 6.92 Å². The molecule has 1 aliphatic heterocycles. The van der Waals surface area contributed by atoms with E-state index in [-0.39, 0.29) is 23.7 Å². The zero-order valence-corrected chi connectivity index (χ0v) is 13.4. The highest BCUT2D eigenvalue weighted by molar-refractivity contribution is 5.90. The van der Waals surface area contributed by atoms with Crippen LogP contribution in [0.4, 0.5) is 0 Å². The van der Waals surface area contributed by atoms with Crippen molar-refractivity contribution in [2.45, 2.75) is 32.4 Å². The molecule has 124 valence electrons. The number of nitrogens with zero attached hydrogens (tertiary/aromatic N) is 5. The van der Waals surface area contributed by atoms with Crippen molar-refractivity contribution in [2.24, 2.45) is 5.92 Å². The Bertz CT molecular complexity index is 616. The van der Waals surface area contributed by atoms with Crippen molar-refractivity contribution >= 4 is 5.91 Å². The molecule has 3 heterocycles. The van der Waals surface area contributed by atoms with Crippen molar-refractivity contribution < 1.29 is 4.79 Å². The third-order valence-electron chi connectivity index (χ3n) is 4.03. The molecule has 2 N–H and O–H groups in total. The van der Waals surface area contributed by atoms with Crippen LogP contribution in [0.1, 0.15) is 36.4 Å². The Hall–Kier alpha value is -2.22. The fourth-order valence-electron chi connectivity index (χ4n) is 2.75. The Balaban J connectivity index is 1.49. The molecular weight excluding hydrogens is 294 g/mol. The lowest BCUT2D eigenvalue weighted by atomic mass is 10.1. The van der Waals surface area contributed by atoms with E-state index in [1.165, 1.54) is 0 Å². The summed E-state index contributed by atoms with van der Waals surface area (Å²) in [5.41, 5.74) is 0. The van der Waals surface area contributed by atoms with E-state index in [4.69, 9.17) is 0 Å². The number of carbonyl (C=O) groups excluding carboxylic acids is 1. The molecule has 8 nitrogen and oxygen atoms in total. The Morgan fingerprint density at radius 2 is 2.48 bits per heavy atom. The molecule has 0 bridgehead atoms. The number of piperidine rings is 1. The topological polar surface area (TPSA) is 89.7 Å². The van der Waals surface area contributed by atoms with E-state index in [1.54, 1.807) is 17.2 Å². The van der Waals surface area contributed by atoms with E-state index >= 15 is 0 Å². The summed E-state index contributed by atoms with van der Waals surface area (Å²) in [6.07, 6.45) is 7.51. The van der Waals surface area contributed by atoms with Gasteiger partial charge in [-0.2, -0.15) is 5.10 Å². The smallest absolute Gasteiger partial charge is 0.290 e. The summed E-state index contributed by atoms with van der Waals surface area (Å²) < 4.78 is 3.66. The van der Waals surface area contributed by atoms with Gasteiger partial charge in [0, 0.05) is 32.0 Å². The minimum Gasteiger partial charge on any atom is -0.349 e. The quantitative estimate of drug-likeness (QED) is 0.808. The lowest BCUT2D eigenvalue weighted by molar-refractivity contribution is 0.0935. The van der Waals surface area contributed by atoms with Crippen molar-refractivity contribution in [3.8, 4) is 0 Å². The first-order chi connectivity index (χ1) is 11.2. The first-order valence-corrected chi connectivity index (χ1v) is 8.10. The van der Waals surface area contributed by atoms with Crippen LogP contribution in [0.3, 0.4) is 0 Å². The van der Waals surface area contributed by atoms with E-state index in [0.29, 0.717) is 6.54 Å². The van der Waals surface area contributed by atoms with Crippen LogP contribution in [-0.4, -0.2) is 50.1 Å². The van der Waals surface area contributed by atoms with Gasteiger partial charge in [0.1, 0.15) is 6.33 Å². The Labute approximate surface area is 135 Å². The van der Waals surface area contributed by atoms with Gasteiger partial charge in [-0.05, 0) is 31.4 Å². The minimum atomic E-state index is -0.222. The van der Waals surface area contributed by atoms with Gasteiger partial charge in [0.25, 0.3) is 5.91 Å². The molecule has 1 fully saturated rings. The molecule has 2 atom stereocenters. The summed E-state index contributed by atoms with van der Waals surface area (Å²) in [5.74, 6) is 0.296. The van der Waals surface area contributed by atoms with E-state index in [9.17, 15) is 4.79 Å². The third-order valence-corrected chi connectivity index (χ3v) is 4.03. The maximum absolute atomic E-state index is 12.2. The van der Waals surface area contributed by atoms with Crippen LogP contribution in [0.2, 0.25) is 0 Å². The van der Waals surface area contributed by atoms with E-state index < -0.39 is 0 Å². The van der Waals surface area contributed by atoms with Crippen LogP contribution in [0.15, 0.2) is 24.8 Å². The zero-order valence-electron chi connectivity index (χ0n) is 13.4. The van der Waals surface area contributed by atoms with Crippen LogP contribution in [0, 0.1) is 5.92 Å². The molecule has 0 spiro atoms. The van der Waals surface area contributed by atoms with Crippen molar-refractivity contribution in [1.82, 2.24) is 35.2 Å². The molecular formula is C15H23N7O. The standard InChI is InChI=1S/C15H23N7O/c1-12(10-21-7-3-6-19-21)8-17-15(23)14-18-11-22(20-14)13-4-2-5-16-9-13/h3,6-7,11-13,16H,2,4-5,8-10H2,1H3,(H,17,23)/t12-,13-/m1/s1. The zero-order chi connectivity index (χ0) is 16.1. The first-order valence-electron chi connectivity index (χ1n) is 8.10. The number of nitrogens with one attached hydrogen (secondary N) is 2. The molecule has 1 saturated heterocycles. The fourth-order valence-corrected chi connectivity index (χ4v) is 2.75. The second kappa shape index (κ2) is 7.36. The summed E-state index contributed by atoms with van der Waals surface area (Å²) in [5, 5.41) is 14.7. The molecule has 8 heteroatoms. The average Bonchev–Trinajstić information content (AvgIpc) is 3.25. The van der Waals surface area contributed by atoms with Gasteiger partial charge >= 0.3 is 0 Å². The Morgan fingerprint density at radius 3 is 3.22 bits per heavy atom. The minimum absolute atomic E-state index is 0.222. The maximum atomic E-state index is 12.2. The number of carbonyl (C=O) groups is 1. The van der Waals surface area contributed by atoms with Crippen molar-refractivity contribution in [2.75, 3.05) is 19.6 Å². The van der Waals surface area contributed by atoms with Crippen LogP contribution >= 0.6 is 0 Å². The third kappa shape index (κ3) is 4.16. The van der Waals surface area contributed by atoms with E-state index in [1.807, 2.05) is 16.9 Å². The molecule has 0 unspecified atom stereocenters. The average molecular weight is 317 g/mol. The largest absolute Gasteiger partial charge is 0.349 e. The molecule has 0 aliphatic carbocycles. The lowest BCUT2D eigenvalue weighted by Crippen LogP contribution is -2.33. The summed E-state index contributed by atoms with van der Waals surface area (Å²) >= 11 is 0. The molecule has 2 aromatic heterocycles. The highest BCUT2D eigenvalue weighted by Crippen LogP contribution is 2.14. The first kappa shape index (κ1) is 15.7. The lowest BCUT2D eigenvalue weighted by Gasteiger charge is -2.22. The van der Waals surface area contributed by atoms with Gasteiger partial charge < -0.3 is 10.6 Å². The summed E-state index contributed by atoms with van der Waals surface area (Å²) in [6, 6.07) is 2.18. The molecule has 0 aromatic carbocycles. The number of aromatic nitrogens is 5. The predicted octanol–water partition coefficient (Wildman–Crippen LogP) is 0.465. The molecule has 23 heavy (non-hydrogen) atoms. The number of hydrogen-bond donors (Lipinski definition) is 2. The molecule has 0 radical (unpaired) electrons. The van der Waals surface area contributed by atoms with Crippen LogP contribution < -0.4 is 10.6 Å². The number of amides is 1. The van der Waals surface area contributed by atoms with Crippen molar-refractivity contribution in [3.05, 3.63) is 30.6 Å². The fraction of sp³-hybridized carbons (Fsp3) is 0.600. The monoisotopic (exact) mass is 317 g/mol. The highest BCUT2D eigenvalue weighted by Gasteiger charge is 2.19. The van der Waals surface area contributed by atoms with Gasteiger partial charge in [-0.25, -0.2) is 9.67 Å². The number of rotatable bonds is 6. The van der Waals surface area contributed by atoms with E-state index in [0.717, 1.165) is 32.5 Å². The van der Waals surface area contributed by atoms with Crippen LogP contribution in [-0.2, 0) is 6.54 Å². The molecule has 1 amide bonds. The Morgan fingerprint density at radius 1 is 1.57 bits per heavy atom. The molecule has 2 aromatic rings. The second-order valence-electron chi connectivity index (χ2n) is 6.09. The Kier molecular flexibility index (Phi) is 5.02. The van der Waals surface area contributed by atoms with Gasteiger partial charge in [-0.3, -0.25) is 9.48 Å². The van der Waals surface area contributed by atoms with Gasteiger partial charge in [0.2, 0.25) is 5.82 Å². The summed E-state index contributed by atoms with van der Waals surface area (Å²) in [7, 11) is 0. The van der Waals surface area contributed by atoms with Gasteiger partial charge in [-0.15, -0.1) is 5.10 Å². The van der Waals surface area contributed by atoms with Gasteiger partial charge in [0.15, 0.2) is 0 Å². The second-order valence-corrected chi connectivity index (χ2v) is 6.09. The summed E-state index contributed by atoms with van der Waals surface area (Å²) in [4.78, 5) is 16.3. The SMILES string of the molecule is C[C@H](CNC(=O)c1ncn([C@@H]2CCCNC2)n1)Cn1cccn1. The normalized spacial score (nSPS) is 19.4. The van der Waals surface area contributed by atoms with E-state index in [2.05, 4.69) is 32.7 Å². The van der Waals surface area contributed by atoms with Crippen molar-refractivity contribution in [3.63, 3.8) is 0 Å². The molecule has 1 aliphatic rings. The maximum Gasteiger partial charge on any atom is 0.290 e. The molecule has 3 rings (SSSR count). The highest BCUT2D eigenvalue weighted by atomic mass is 16.2.